The molecule has 3 N–H and O–H groups in total. The van der Waals surface area contributed by atoms with Crippen molar-refractivity contribution in [1.82, 2.24) is 10.3 Å². The van der Waals surface area contributed by atoms with Crippen molar-refractivity contribution in [2.75, 3.05) is 11.4 Å². The number of hydrogen-bond acceptors (Lipinski definition) is 4. The average Bonchev–Trinajstić information content (AvgIpc) is 2.80. The van der Waals surface area contributed by atoms with Gasteiger partial charge >= 0.3 is 0 Å². The Hall–Kier alpha value is -2.89. The average molecular weight is 431 g/mol. The van der Waals surface area contributed by atoms with Gasteiger partial charge in [-0.15, -0.1) is 0 Å². The van der Waals surface area contributed by atoms with Gasteiger partial charge in [0.1, 0.15) is 11.5 Å². The smallest absolute Gasteiger partial charge is 0.270 e. The summed E-state index contributed by atoms with van der Waals surface area (Å²) >= 11 is 0. The van der Waals surface area contributed by atoms with Gasteiger partial charge in [-0.2, -0.15) is 0 Å². The lowest BCUT2D eigenvalue weighted by Gasteiger charge is -2.58. The molecule has 0 spiro atoms. The lowest BCUT2D eigenvalue weighted by atomic mass is 9.47. The second kappa shape index (κ2) is 7.32. The van der Waals surface area contributed by atoms with E-state index in [1.54, 1.807) is 6.07 Å². The van der Waals surface area contributed by atoms with Crippen LogP contribution in [0.3, 0.4) is 0 Å². The molecule has 32 heavy (non-hydrogen) atoms. The number of fused-ring (bicyclic) bond motifs is 1. The minimum atomic E-state index is -0.333. The summed E-state index contributed by atoms with van der Waals surface area (Å²) in [5.74, 6) is 1.88. The molecule has 4 aliphatic carbocycles. The molecule has 2 unspecified atom stereocenters. The van der Waals surface area contributed by atoms with E-state index in [0.29, 0.717) is 23.4 Å². The number of nitrogens with zero attached hydrogens (tertiary/aromatic N) is 2. The molecule has 166 valence electrons. The fourth-order valence-electron chi connectivity index (χ4n) is 7.20. The molecule has 4 fully saturated rings. The number of amides is 2. The van der Waals surface area contributed by atoms with Crippen molar-refractivity contribution in [3.63, 3.8) is 0 Å². The maximum atomic E-state index is 13.2. The van der Waals surface area contributed by atoms with Gasteiger partial charge in [-0.05, 0) is 79.5 Å². The van der Waals surface area contributed by atoms with Gasteiger partial charge in [-0.1, -0.05) is 30.3 Å². The van der Waals surface area contributed by atoms with Crippen LogP contribution in [0.2, 0.25) is 0 Å². The SMILES string of the molecule is NC(=O)C12CC3CC(C1)C(NC(=O)c1cccc(N4CCc5ccccc5C4)n1)C(C3)C2. The molecule has 2 amide bonds. The fourth-order valence-corrected chi connectivity index (χ4v) is 7.20. The molecular formula is C26H30N4O2. The van der Waals surface area contributed by atoms with Crippen molar-refractivity contribution >= 4 is 17.6 Å². The summed E-state index contributed by atoms with van der Waals surface area (Å²) in [5.41, 5.74) is 8.67. The van der Waals surface area contributed by atoms with Crippen LogP contribution in [-0.4, -0.2) is 29.4 Å². The molecule has 1 aliphatic heterocycles. The van der Waals surface area contributed by atoms with Crippen molar-refractivity contribution in [2.45, 2.75) is 51.1 Å². The van der Waals surface area contributed by atoms with E-state index in [4.69, 9.17) is 10.7 Å². The van der Waals surface area contributed by atoms with Gasteiger partial charge in [-0.25, -0.2) is 4.98 Å². The molecule has 6 heteroatoms. The van der Waals surface area contributed by atoms with E-state index in [0.717, 1.165) is 57.4 Å². The van der Waals surface area contributed by atoms with E-state index in [1.165, 1.54) is 11.1 Å². The Morgan fingerprint density at radius 1 is 1.00 bits per heavy atom. The van der Waals surface area contributed by atoms with Gasteiger partial charge in [0.2, 0.25) is 5.91 Å². The van der Waals surface area contributed by atoms with Crippen LogP contribution in [0.25, 0.3) is 0 Å². The highest BCUT2D eigenvalue weighted by atomic mass is 16.2. The molecule has 2 heterocycles. The lowest BCUT2D eigenvalue weighted by Crippen LogP contribution is -2.62. The molecule has 4 saturated carbocycles. The van der Waals surface area contributed by atoms with Crippen molar-refractivity contribution in [3.8, 4) is 0 Å². The second-order valence-electron chi connectivity index (χ2n) is 10.4. The minimum absolute atomic E-state index is 0.102. The quantitative estimate of drug-likeness (QED) is 0.780. The summed E-state index contributed by atoms with van der Waals surface area (Å²) in [7, 11) is 0. The topological polar surface area (TPSA) is 88.3 Å². The first-order valence-corrected chi connectivity index (χ1v) is 11.9. The number of aromatic nitrogens is 1. The van der Waals surface area contributed by atoms with Crippen LogP contribution >= 0.6 is 0 Å². The predicted octanol–water partition coefficient (Wildman–Crippen LogP) is 3.05. The molecule has 4 bridgehead atoms. The molecule has 1 aromatic carbocycles. The van der Waals surface area contributed by atoms with E-state index < -0.39 is 0 Å². The molecule has 1 aromatic heterocycles. The summed E-state index contributed by atoms with van der Waals surface area (Å²) in [4.78, 5) is 32.4. The van der Waals surface area contributed by atoms with Crippen molar-refractivity contribution in [1.29, 1.82) is 0 Å². The third-order valence-corrected chi connectivity index (χ3v) is 8.52. The number of nitrogens with one attached hydrogen (secondary N) is 1. The molecule has 2 aromatic rings. The van der Waals surface area contributed by atoms with Crippen molar-refractivity contribution < 1.29 is 9.59 Å². The zero-order chi connectivity index (χ0) is 21.9. The van der Waals surface area contributed by atoms with Crippen LogP contribution in [0.5, 0.6) is 0 Å². The van der Waals surface area contributed by atoms with Gasteiger partial charge in [0.25, 0.3) is 5.91 Å². The Morgan fingerprint density at radius 2 is 1.75 bits per heavy atom. The minimum Gasteiger partial charge on any atom is -0.369 e. The summed E-state index contributed by atoms with van der Waals surface area (Å²) in [6, 6.07) is 14.4. The van der Waals surface area contributed by atoms with Crippen LogP contribution in [0, 0.1) is 23.2 Å². The van der Waals surface area contributed by atoms with E-state index in [1.807, 2.05) is 12.1 Å². The van der Waals surface area contributed by atoms with Crippen LogP contribution in [-0.2, 0) is 17.8 Å². The van der Waals surface area contributed by atoms with Gasteiger partial charge < -0.3 is 16.0 Å². The zero-order valence-corrected chi connectivity index (χ0v) is 18.3. The van der Waals surface area contributed by atoms with Gasteiger partial charge in [0.15, 0.2) is 0 Å². The Kier molecular flexibility index (Phi) is 4.52. The Bertz CT molecular complexity index is 1070. The molecule has 0 radical (unpaired) electrons. The number of nitrogens with two attached hydrogens (primary N) is 1. The molecule has 2 atom stereocenters. The normalized spacial score (nSPS) is 32.4. The van der Waals surface area contributed by atoms with Crippen LogP contribution in [0.4, 0.5) is 5.82 Å². The highest BCUT2D eigenvalue weighted by Gasteiger charge is 2.58. The predicted molar refractivity (Wildman–Crippen MR) is 122 cm³/mol. The molecule has 5 aliphatic rings. The molecule has 6 nitrogen and oxygen atoms in total. The summed E-state index contributed by atoms with van der Waals surface area (Å²) in [6.45, 7) is 1.72. The Labute approximate surface area is 188 Å². The monoisotopic (exact) mass is 430 g/mol. The molecular weight excluding hydrogens is 400 g/mol. The number of rotatable bonds is 4. The first-order chi connectivity index (χ1) is 15.5. The number of hydrogen-bond donors (Lipinski definition) is 2. The number of carbonyl (C=O) groups is 2. The third kappa shape index (κ3) is 3.19. The molecule has 7 rings (SSSR count). The Morgan fingerprint density at radius 3 is 2.50 bits per heavy atom. The standard InChI is InChI=1S/C26H30N4O2/c27-25(32)26-12-16-10-19(13-26)23(20(11-16)14-26)29-24(31)21-6-3-7-22(28-21)30-9-8-17-4-1-2-5-18(17)15-30/h1-7,16,19-20,23H,8-15H2,(H2,27,32)(H,29,31). The third-order valence-electron chi connectivity index (χ3n) is 8.52. The van der Waals surface area contributed by atoms with Crippen LogP contribution in [0.15, 0.2) is 42.5 Å². The molecule has 0 saturated heterocycles. The van der Waals surface area contributed by atoms with Gasteiger partial charge in [0.05, 0.1) is 0 Å². The van der Waals surface area contributed by atoms with E-state index in [9.17, 15) is 9.59 Å². The summed E-state index contributed by atoms with van der Waals surface area (Å²) < 4.78 is 0. The first kappa shape index (κ1) is 19.8. The van der Waals surface area contributed by atoms with Crippen molar-refractivity contribution in [3.05, 3.63) is 59.3 Å². The van der Waals surface area contributed by atoms with Crippen LogP contribution < -0.4 is 16.0 Å². The van der Waals surface area contributed by atoms with Gasteiger partial charge in [-0.3, -0.25) is 9.59 Å². The largest absolute Gasteiger partial charge is 0.369 e. The maximum Gasteiger partial charge on any atom is 0.270 e. The van der Waals surface area contributed by atoms with Crippen LogP contribution in [0.1, 0.15) is 53.7 Å². The zero-order valence-electron chi connectivity index (χ0n) is 18.3. The number of anilines is 1. The number of pyridine rings is 1. The highest BCUT2D eigenvalue weighted by Crippen LogP contribution is 2.59. The number of carbonyl (C=O) groups excluding carboxylic acids is 2. The number of primary amides is 1. The van der Waals surface area contributed by atoms with Gasteiger partial charge in [0, 0.05) is 24.5 Å². The highest BCUT2D eigenvalue weighted by molar-refractivity contribution is 5.93. The summed E-state index contributed by atoms with van der Waals surface area (Å²) in [6.07, 6.45) is 5.76. The van der Waals surface area contributed by atoms with E-state index in [-0.39, 0.29) is 23.3 Å². The van der Waals surface area contributed by atoms with E-state index in [2.05, 4.69) is 34.5 Å². The van der Waals surface area contributed by atoms with E-state index >= 15 is 0 Å². The lowest BCUT2D eigenvalue weighted by molar-refractivity contribution is -0.145. The second-order valence-corrected chi connectivity index (χ2v) is 10.4. The summed E-state index contributed by atoms with van der Waals surface area (Å²) in [5, 5.41) is 3.31. The maximum absolute atomic E-state index is 13.2. The van der Waals surface area contributed by atoms with Crippen molar-refractivity contribution in [2.24, 2.45) is 28.9 Å². The Balaban J connectivity index is 1.18. The first-order valence-electron chi connectivity index (χ1n) is 11.9. The number of benzene rings is 1. The fraction of sp³-hybridized carbons (Fsp3) is 0.500.